The van der Waals surface area contributed by atoms with E-state index in [-0.39, 0.29) is 5.41 Å². The third-order valence-corrected chi connectivity index (χ3v) is 6.25. The van der Waals surface area contributed by atoms with Crippen molar-refractivity contribution < 1.29 is 4.39 Å². The molecule has 2 N–H and O–H groups in total. The summed E-state index contributed by atoms with van der Waals surface area (Å²) < 4.78 is 13.8. The predicted octanol–water partition coefficient (Wildman–Crippen LogP) is 7.98. The first-order valence-corrected chi connectivity index (χ1v) is 12.0. The Morgan fingerprint density at radius 3 is 2.34 bits per heavy atom. The van der Waals surface area contributed by atoms with Crippen LogP contribution in [0.4, 0.5) is 4.39 Å². The molecular formula is C28H45FN2S. The lowest BCUT2D eigenvalue weighted by Crippen LogP contribution is -2.22. The second-order valence-corrected chi connectivity index (χ2v) is 9.23. The molecule has 0 fully saturated rings. The van der Waals surface area contributed by atoms with Gasteiger partial charge in [-0.2, -0.15) is 0 Å². The highest BCUT2D eigenvalue weighted by Gasteiger charge is 2.23. The molecule has 180 valence electrons. The summed E-state index contributed by atoms with van der Waals surface area (Å²) in [6.07, 6.45) is 14.6. The van der Waals surface area contributed by atoms with Crippen LogP contribution in [0.5, 0.6) is 0 Å². The number of allylic oxidation sites excluding steroid dienone is 9. The molecule has 0 radical (unpaired) electrons. The summed E-state index contributed by atoms with van der Waals surface area (Å²) in [7, 11) is 1.74. The second kappa shape index (κ2) is 15.8. The van der Waals surface area contributed by atoms with Crippen LogP contribution in [-0.4, -0.2) is 19.8 Å². The maximum absolute atomic E-state index is 13.8. The van der Waals surface area contributed by atoms with Gasteiger partial charge in [0.2, 0.25) is 0 Å². The summed E-state index contributed by atoms with van der Waals surface area (Å²) in [5, 5.41) is 6.50. The van der Waals surface area contributed by atoms with Gasteiger partial charge in [0.05, 0.1) is 0 Å². The zero-order chi connectivity index (χ0) is 24.7. The number of unbranched alkanes of at least 4 members (excludes halogenated alkanes) is 1. The Morgan fingerprint density at radius 1 is 1.22 bits per heavy atom. The lowest BCUT2D eigenvalue weighted by atomic mass is 9.83. The van der Waals surface area contributed by atoms with Crippen molar-refractivity contribution >= 4 is 12.6 Å². The van der Waals surface area contributed by atoms with E-state index < -0.39 is 6.17 Å². The van der Waals surface area contributed by atoms with Crippen LogP contribution in [0.25, 0.3) is 0 Å². The molecule has 0 saturated carbocycles. The van der Waals surface area contributed by atoms with Gasteiger partial charge in [0.25, 0.3) is 0 Å². The molecule has 0 aromatic rings. The fraction of sp³-hybridized carbons (Fsp3) is 0.500. The SMILES string of the molecule is C=C/C=C(\C=C/C)C/C(=C\C=C(/NC)C(C)F)NC/C(C(=C)C)=C(\S)C(C)(C)CCCC. The number of thiol groups is 1. The number of nitrogens with one attached hydrogen (secondary N) is 2. The zero-order valence-corrected chi connectivity index (χ0v) is 22.2. The third-order valence-electron chi connectivity index (χ3n) is 5.38. The van der Waals surface area contributed by atoms with Gasteiger partial charge in [-0.1, -0.05) is 76.6 Å². The molecule has 0 heterocycles. The van der Waals surface area contributed by atoms with E-state index in [1.165, 1.54) is 6.92 Å². The Hall–Kier alpha value is -1.94. The van der Waals surface area contributed by atoms with Crippen LogP contribution in [0.1, 0.15) is 67.2 Å². The maximum atomic E-state index is 13.8. The first kappa shape index (κ1) is 30.1. The summed E-state index contributed by atoms with van der Waals surface area (Å²) in [6, 6.07) is 0. The van der Waals surface area contributed by atoms with Crippen molar-refractivity contribution in [3.8, 4) is 0 Å². The fourth-order valence-corrected chi connectivity index (χ4v) is 3.71. The lowest BCUT2D eigenvalue weighted by Gasteiger charge is -2.28. The van der Waals surface area contributed by atoms with Gasteiger partial charge in [0.1, 0.15) is 6.17 Å². The minimum Gasteiger partial charge on any atom is -0.389 e. The van der Waals surface area contributed by atoms with E-state index in [0.717, 1.165) is 46.6 Å². The summed E-state index contributed by atoms with van der Waals surface area (Å²) in [4.78, 5) is 1.07. The fourth-order valence-electron chi connectivity index (χ4n) is 3.33. The van der Waals surface area contributed by atoms with Gasteiger partial charge in [0, 0.05) is 31.4 Å². The molecule has 0 aliphatic rings. The highest BCUT2D eigenvalue weighted by atomic mass is 32.1. The standard InChI is InChI=1S/C28H45FN2S/c1-10-13-18-28(7,8)27(32)25(21(4)5)20-31-24(16-17-26(30-9)22(6)29)19-23(14-11-2)15-12-3/h11-12,14-17,22,30-32H,2,4,10,13,18-20H2,1,3,5-9H3/b15-12-,23-14+,24-16+,26-17-,27-25+. The van der Waals surface area contributed by atoms with Crippen LogP contribution in [0.15, 0.2) is 82.6 Å². The van der Waals surface area contributed by atoms with Crippen LogP contribution in [0.2, 0.25) is 0 Å². The van der Waals surface area contributed by atoms with Crippen molar-refractivity contribution in [2.45, 2.75) is 73.4 Å². The van der Waals surface area contributed by atoms with E-state index in [4.69, 9.17) is 12.6 Å². The highest BCUT2D eigenvalue weighted by Crippen LogP contribution is 2.38. The predicted molar refractivity (Wildman–Crippen MR) is 146 cm³/mol. The topological polar surface area (TPSA) is 24.1 Å². The van der Waals surface area contributed by atoms with Gasteiger partial charge in [-0.15, -0.1) is 12.6 Å². The van der Waals surface area contributed by atoms with Crippen LogP contribution in [-0.2, 0) is 0 Å². The number of halogens is 1. The summed E-state index contributed by atoms with van der Waals surface area (Å²) >= 11 is 4.94. The Morgan fingerprint density at radius 2 is 1.88 bits per heavy atom. The largest absolute Gasteiger partial charge is 0.389 e. The number of rotatable bonds is 15. The van der Waals surface area contributed by atoms with Gasteiger partial charge in [0.15, 0.2) is 0 Å². The number of alkyl halides is 1. The lowest BCUT2D eigenvalue weighted by molar-refractivity contribution is 0.397. The van der Waals surface area contributed by atoms with Gasteiger partial charge >= 0.3 is 0 Å². The molecule has 0 saturated heterocycles. The number of hydrogen-bond acceptors (Lipinski definition) is 3. The molecule has 0 amide bonds. The number of hydrogen-bond donors (Lipinski definition) is 3. The average molecular weight is 461 g/mol. The van der Waals surface area contributed by atoms with Gasteiger partial charge in [-0.05, 0) is 60.8 Å². The van der Waals surface area contributed by atoms with E-state index in [9.17, 15) is 4.39 Å². The molecular weight excluding hydrogens is 415 g/mol. The Kier molecular flexibility index (Phi) is 14.8. The minimum absolute atomic E-state index is 0.0132. The quantitative estimate of drug-likeness (QED) is 0.170. The molecule has 0 bridgehead atoms. The van der Waals surface area contributed by atoms with Gasteiger partial charge < -0.3 is 10.6 Å². The summed E-state index contributed by atoms with van der Waals surface area (Å²) in [5.74, 6) is 0. The summed E-state index contributed by atoms with van der Waals surface area (Å²) in [6.45, 7) is 20.9. The van der Waals surface area contributed by atoms with Gasteiger partial charge in [-0.25, -0.2) is 4.39 Å². The first-order chi connectivity index (χ1) is 15.0. The van der Waals surface area contributed by atoms with Crippen molar-refractivity contribution in [3.63, 3.8) is 0 Å². The Balaban J connectivity index is 6.05. The molecule has 1 unspecified atom stereocenters. The minimum atomic E-state index is -1.06. The van der Waals surface area contributed by atoms with Crippen LogP contribution >= 0.6 is 12.6 Å². The zero-order valence-electron chi connectivity index (χ0n) is 21.3. The van der Waals surface area contributed by atoms with Crippen molar-refractivity contribution in [1.29, 1.82) is 0 Å². The molecule has 1 atom stereocenters. The summed E-state index contributed by atoms with van der Waals surface area (Å²) in [5.41, 5.74) is 4.75. The van der Waals surface area contributed by atoms with Crippen LogP contribution in [0, 0.1) is 5.41 Å². The maximum Gasteiger partial charge on any atom is 0.137 e. The van der Waals surface area contributed by atoms with Gasteiger partial charge in [-0.3, -0.25) is 0 Å². The highest BCUT2D eigenvalue weighted by molar-refractivity contribution is 7.84. The van der Waals surface area contributed by atoms with E-state index in [0.29, 0.717) is 18.7 Å². The molecule has 0 rings (SSSR count). The normalized spacial score (nSPS) is 15.5. The molecule has 0 aliphatic carbocycles. The molecule has 0 spiro atoms. The molecule has 0 aromatic heterocycles. The van der Waals surface area contributed by atoms with E-state index in [1.807, 2.05) is 32.1 Å². The molecule has 32 heavy (non-hydrogen) atoms. The van der Waals surface area contributed by atoms with Crippen molar-refractivity contribution in [1.82, 2.24) is 10.6 Å². The van der Waals surface area contributed by atoms with E-state index in [2.05, 4.69) is 50.6 Å². The smallest absolute Gasteiger partial charge is 0.137 e. The Labute approximate surface area is 202 Å². The van der Waals surface area contributed by atoms with Crippen molar-refractivity contribution in [2.24, 2.45) is 5.41 Å². The first-order valence-electron chi connectivity index (χ1n) is 11.5. The Bertz CT molecular complexity index is 764. The van der Waals surface area contributed by atoms with E-state index in [1.54, 1.807) is 19.2 Å². The van der Waals surface area contributed by atoms with Crippen LogP contribution in [0.3, 0.4) is 0 Å². The van der Waals surface area contributed by atoms with E-state index >= 15 is 0 Å². The molecule has 4 heteroatoms. The monoisotopic (exact) mass is 460 g/mol. The van der Waals surface area contributed by atoms with Crippen molar-refractivity contribution in [2.75, 3.05) is 13.6 Å². The second-order valence-electron chi connectivity index (χ2n) is 8.78. The average Bonchev–Trinajstić information content (AvgIpc) is 2.72. The van der Waals surface area contributed by atoms with Crippen molar-refractivity contribution in [3.05, 3.63) is 82.6 Å². The third kappa shape index (κ3) is 11.1. The van der Waals surface area contributed by atoms with Crippen LogP contribution < -0.4 is 10.6 Å². The molecule has 0 aliphatic heterocycles. The molecule has 0 aromatic carbocycles. The molecule has 2 nitrogen and oxygen atoms in total.